The smallest absolute Gasteiger partial charge is 0.271 e. The van der Waals surface area contributed by atoms with E-state index in [2.05, 4.69) is 20.4 Å². The van der Waals surface area contributed by atoms with Crippen LogP contribution in [0.5, 0.6) is 11.5 Å². The summed E-state index contributed by atoms with van der Waals surface area (Å²) >= 11 is 0. The lowest BCUT2D eigenvalue weighted by Gasteiger charge is -2.30. The molecule has 7 heteroatoms. The van der Waals surface area contributed by atoms with Crippen LogP contribution in [-0.4, -0.2) is 42.9 Å². The number of ether oxygens (including phenoxy) is 2. The highest BCUT2D eigenvalue weighted by Crippen LogP contribution is 2.34. The topological polar surface area (TPSA) is 76.6 Å². The molecule has 0 fully saturated rings. The molecule has 0 radical (unpaired) electrons. The average molecular weight is 356 g/mol. The minimum atomic E-state index is -0.208. The number of carbonyl (C=O) groups excluding carboxylic acids is 1. The van der Waals surface area contributed by atoms with Gasteiger partial charge in [0.25, 0.3) is 5.91 Å². The lowest BCUT2D eigenvalue weighted by Crippen LogP contribution is -2.33. The van der Waals surface area contributed by atoms with E-state index in [1.807, 2.05) is 32.0 Å². The van der Waals surface area contributed by atoms with Crippen molar-refractivity contribution in [3.63, 3.8) is 0 Å². The van der Waals surface area contributed by atoms with Crippen molar-refractivity contribution in [2.24, 2.45) is 0 Å². The number of fused-ring (bicyclic) bond motifs is 1. The summed E-state index contributed by atoms with van der Waals surface area (Å²) < 4.78 is 10.8. The lowest BCUT2D eigenvalue weighted by molar-refractivity contribution is 0.0937. The van der Waals surface area contributed by atoms with Crippen LogP contribution in [-0.2, 0) is 13.0 Å². The molecule has 138 valence electrons. The van der Waals surface area contributed by atoms with Crippen molar-refractivity contribution >= 4 is 11.7 Å². The zero-order valence-corrected chi connectivity index (χ0v) is 15.6. The number of methoxy groups -OCH3 is 2. The lowest BCUT2D eigenvalue weighted by atomic mass is 9.99. The Labute approximate surface area is 153 Å². The van der Waals surface area contributed by atoms with Crippen LogP contribution in [0.4, 0.5) is 5.82 Å². The van der Waals surface area contributed by atoms with E-state index in [9.17, 15) is 4.79 Å². The first-order chi connectivity index (χ1) is 12.5. The van der Waals surface area contributed by atoms with E-state index in [1.165, 1.54) is 11.1 Å². The molecule has 0 atom stereocenters. The van der Waals surface area contributed by atoms with Crippen molar-refractivity contribution in [3.05, 3.63) is 41.1 Å². The van der Waals surface area contributed by atoms with Crippen molar-refractivity contribution in [3.8, 4) is 11.5 Å². The number of hydrogen-bond donors (Lipinski definition) is 1. The summed E-state index contributed by atoms with van der Waals surface area (Å²) in [6.45, 7) is 5.36. The predicted octanol–water partition coefficient (Wildman–Crippen LogP) is 2.19. The molecule has 3 rings (SSSR count). The maximum Gasteiger partial charge on any atom is 0.271 e. The van der Waals surface area contributed by atoms with Crippen molar-refractivity contribution in [1.29, 1.82) is 0 Å². The van der Waals surface area contributed by atoms with Crippen LogP contribution < -0.4 is 19.7 Å². The predicted molar refractivity (Wildman–Crippen MR) is 98.9 cm³/mol. The SMILES string of the molecule is COc1cc2c(cc1OC)CN(c1ccc(C(=O)NC(C)C)nn1)CC2. The van der Waals surface area contributed by atoms with Crippen LogP contribution in [0.3, 0.4) is 0 Å². The summed E-state index contributed by atoms with van der Waals surface area (Å²) in [4.78, 5) is 14.1. The summed E-state index contributed by atoms with van der Waals surface area (Å²) in [5.41, 5.74) is 2.75. The minimum Gasteiger partial charge on any atom is -0.493 e. The van der Waals surface area contributed by atoms with Crippen LogP contribution in [0.25, 0.3) is 0 Å². The highest BCUT2D eigenvalue weighted by Gasteiger charge is 2.21. The molecule has 2 aromatic rings. The van der Waals surface area contributed by atoms with Gasteiger partial charge in [-0.2, -0.15) is 0 Å². The van der Waals surface area contributed by atoms with Gasteiger partial charge in [-0.25, -0.2) is 0 Å². The van der Waals surface area contributed by atoms with Gasteiger partial charge in [-0.15, -0.1) is 10.2 Å². The van der Waals surface area contributed by atoms with Gasteiger partial charge in [0.2, 0.25) is 0 Å². The van der Waals surface area contributed by atoms with E-state index < -0.39 is 0 Å². The zero-order chi connectivity index (χ0) is 18.7. The highest BCUT2D eigenvalue weighted by molar-refractivity contribution is 5.92. The van der Waals surface area contributed by atoms with Gasteiger partial charge in [-0.05, 0) is 55.7 Å². The maximum atomic E-state index is 12.0. The van der Waals surface area contributed by atoms with Gasteiger partial charge >= 0.3 is 0 Å². The number of hydrogen-bond acceptors (Lipinski definition) is 6. The monoisotopic (exact) mass is 356 g/mol. The van der Waals surface area contributed by atoms with Crippen LogP contribution in [0.2, 0.25) is 0 Å². The summed E-state index contributed by atoms with van der Waals surface area (Å²) in [6.07, 6.45) is 0.882. The van der Waals surface area contributed by atoms with E-state index in [4.69, 9.17) is 9.47 Å². The van der Waals surface area contributed by atoms with E-state index in [0.29, 0.717) is 12.2 Å². The largest absolute Gasteiger partial charge is 0.493 e. The second-order valence-corrected chi connectivity index (χ2v) is 6.55. The Balaban J connectivity index is 1.77. The molecule has 0 spiro atoms. The van der Waals surface area contributed by atoms with E-state index in [1.54, 1.807) is 20.3 Å². The molecule has 26 heavy (non-hydrogen) atoms. The molecule has 1 aromatic carbocycles. The Bertz CT molecular complexity index is 790. The zero-order valence-electron chi connectivity index (χ0n) is 15.6. The van der Waals surface area contributed by atoms with E-state index in [-0.39, 0.29) is 11.9 Å². The second-order valence-electron chi connectivity index (χ2n) is 6.55. The molecule has 1 aliphatic heterocycles. The first-order valence-corrected chi connectivity index (χ1v) is 8.65. The number of amides is 1. The number of nitrogens with zero attached hydrogens (tertiary/aromatic N) is 3. The fraction of sp³-hybridized carbons (Fsp3) is 0.421. The van der Waals surface area contributed by atoms with E-state index >= 15 is 0 Å². The van der Waals surface area contributed by atoms with E-state index in [0.717, 1.165) is 30.3 Å². The fourth-order valence-corrected chi connectivity index (χ4v) is 3.03. The van der Waals surface area contributed by atoms with Crippen molar-refractivity contribution in [1.82, 2.24) is 15.5 Å². The third-order valence-corrected chi connectivity index (χ3v) is 4.34. The van der Waals surface area contributed by atoms with Gasteiger partial charge in [0.05, 0.1) is 14.2 Å². The number of nitrogens with one attached hydrogen (secondary N) is 1. The highest BCUT2D eigenvalue weighted by atomic mass is 16.5. The normalized spacial score (nSPS) is 13.3. The van der Waals surface area contributed by atoms with Crippen molar-refractivity contribution in [2.45, 2.75) is 32.9 Å². The molecule has 1 amide bonds. The Kier molecular flexibility index (Phi) is 5.25. The molecular weight excluding hydrogens is 332 g/mol. The van der Waals surface area contributed by atoms with Gasteiger partial charge in [-0.1, -0.05) is 0 Å². The first kappa shape index (κ1) is 18.0. The summed E-state index contributed by atoms with van der Waals surface area (Å²) in [6, 6.07) is 7.67. The molecule has 7 nitrogen and oxygen atoms in total. The fourth-order valence-electron chi connectivity index (χ4n) is 3.03. The number of benzene rings is 1. The van der Waals surface area contributed by atoms with Gasteiger partial charge in [0.1, 0.15) is 0 Å². The van der Waals surface area contributed by atoms with Crippen LogP contribution in [0, 0.1) is 0 Å². The Morgan fingerprint density at radius 1 is 1.12 bits per heavy atom. The Morgan fingerprint density at radius 2 is 1.81 bits per heavy atom. The molecule has 1 aliphatic rings. The molecule has 1 N–H and O–H groups in total. The molecule has 0 saturated heterocycles. The summed E-state index contributed by atoms with van der Waals surface area (Å²) in [5, 5.41) is 11.1. The number of aromatic nitrogens is 2. The third kappa shape index (κ3) is 3.71. The van der Waals surface area contributed by atoms with Crippen molar-refractivity contribution in [2.75, 3.05) is 25.7 Å². The number of carbonyl (C=O) groups is 1. The molecular formula is C19H24N4O3. The van der Waals surface area contributed by atoms with Crippen LogP contribution in [0.15, 0.2) is 24.3 Å². The summed E-state index contributed by atoms with van der Waals surface area (Å²) in [7, 11) is 3.28. The number of rotatable bonds is 5. The molecule has 0 saturated carbocycles. The number of anilines is 1. The van der Waals surface area contributed by atoms with Gasteiger partial charge in [-0.3, -0.25) is 4.79 Å². The van der Waals surface area contributed by atoms with Gasteiger partial charge in [0.15, 0.2) is 23.0 Å². The first-order valence-electron chi connectivity index (χ1n) is 8.65. The Morgan fingerprint density at radius 3 is 2.38 bits per heavy atom. The standard InChI is InChI=1S/C19H24N4O3/c1-12(2)20-19(24)15-5-6-18(22-21-15)23-8-7-13-9-16(25-3)17(26-4)10-14(13)11-23/h5-6,9-10,12H,7-8,11H2,1-4H3,(H,20,24). The third-order valence-electron chi connectivity index (χ3n) is 4.34. The quantitative estimate of drug-likeness (QED) is 0.885. The molecule has 0 aliphatic carbocycles. The molecule has 2 heterocycles. The molecule has 1 aromatic heterocycles. The van der Waals surface area contributed by atoms with Crippen LogP contribution >= 0.6 is 0 Å². The van der Waals surface area contributed by atoms with Crippen LogP contribution in [0.1, 0.15) is 35.5 Å². The second kappa shape index (κ2) is 7.59. The Hall–Kier alpha value is -2.83. The van der Waals surface area contributed by atoms with Gasteiger partial charge in [0, 0.05) is 19.1 Å². The minimum absolute atomic E-state index is 0.0644. The van der Waals surface area contributed by atoms with Crippen molar-refractivity contribution < 1.29 is 14.3 Å². The average Bonchev–Trinajstić information content (AvgIpc) is 2.66. The molecule has 0 bridgehead atoms. The maximum absolute atomic E-state index is 12.0. The molecule has 0 unspecified atom stereocenters. The summed E-state index contributed by atoms with van der Waals surface area (Å²) in [5.74, 6) is 2.02. The van der Waals surface area contributed by atoms with Gasteiger partial charge < -0.3 is 19.7 Å².